The molecule has 1 aromatic heterocycles. The first-order valence-corrected chi connectivity index (χ1v) is 38.1. The van der Waals surface area contributed by atoms with Crippen LogP contribution in [0, 0.1) is 6.92 Å². The Bertz CT molecular complexity index is 5820. The SMILES string of the molecule is Cc1c(-c2ccc3c(c2)-n2c(nc4ccc(-c5ccccc5)cc42)C3c2ccccc2)c(C2c3ccc(C(C)(C)C)cc3-c3cc(C(C)(C)C)ccc32)cc(-c2ccc3c(c2)C2C(=Cc4ccc(-c5ccccc5)cc42)C3c2ccccc2)c1C1c2ccc(C(C)(C)C)cc2-c2cc(C(C)(C)C)ccc21. The van der Waals surface area contributed by atoms with Crippen LogP contribution in [0.5, 0.6) is 0 Å². The lowest BCUT2D eigenvalue weighted by atomic mass is 9.73. The number of rotatable bonds is 8. The molecule has 0 bridgehead atoms. The summed E-state index contributed by atoms with van der Waals surface area (Å²) >= 11 is 0. The number of imidazole rings is 1. The van der Waals surface area contributed by atoms with Crippen LogP contribution >= 0.6 is 0 Å². The highest BCUT2D eigenvalue weighted by atomic mass is 15.1. The number of nitrogens with zero attached hydrogens (tertiary/aromatic N) is 2. The first kappa shape index (κ1) is 64.9. The average molecular weight is 1360 g/mol. The van der Waals surface area contributed by atoms with E-state index in [0.29, 0.717) is 0 Å². The topological polar surface area (TPSA) is 17.8 Å². The van der Waals surface area contributed by atoms with E-state index in [4.69, 9.17) is 4.98 Å². The van der Waals surface area contributed by atoms with E-state index in [1.54, 1.807) is 0 Å². The third-order valence-corrected chi connectivity index (χ3v) is 24.5. The molecule has 0 N–H and O–H groups in total. The normalized spacial score (nSPS) is 16.3. The number of hydrogen-bond acceptors (Lipinski definition) is 1. The van der Waals surface area contributed by atoms with Gasteiger partial charge in [-0.2, -0.15) is 0 Å². The van der Waals surface area contributed by atoms with Gasteiger partial charge in [-0.1, -0.05) is 326 Å². The highest BCUT2D eigenvalue weighted by Gasteiger charge is 2.45. The summed E-state index contributed by atoms with van der Waals surface area (Å²) in [6.45, 7) is 30.9. The zero-order chi connectivity index (χ0) is 71.9. The first-order valence-electron chi connectivity index (χ1n) is 38.1. The summed E-state index contributed by atoms with van der Waals surface area (Å²) in [6.07, 6.45) is 2.54. The van der Waals surface area contributed by atoms with Crippen molar-refractivity contribution in [3.63, 3.8) is 0 Å². The van der Waals surface area contributed by atoms with Gasteiger partial charge in [0, 0.05) is 23.7 Å². The predicted octanol–water partition coefficient (Wildman–Crippen LogP) is 26.7. The van der Waals surface area contributed by atoms with E-state index in [1.165, 1.54) is 178 Å². The van der Waals surface area contributed by atoms with E-state index in [-0.39, 0.29) is 51.2 Å². The summed E-state index contributed by atoms with van der Waals surface area (Å²) in [5.74, 6) is 0.952. The van der Waals surface area contributed by atoms with Gasteiger partial charge in [0.1, 0.15) is 5.82 Å². The molecule has 0 amide bonds. The monoisotopic (exact) mass is 1350 g/mol. The maximum atomic E-state index is 5.65. The van der Waals surface area contributed by atoms with Crippen molar-refractivity contribution in [2.24, 2.45) is 0 Å². The van der Waals surface area contributed by atoms with Gasteiger partial charge in [0.2, 0.25) is 0 Å². The fraction of sp³-hybridized carbons (Fsp3) is 0.214. The third kappa shape index (κ3) is 10.4. The van der Waals surface area contributed by atoms with Crippen LogP contribution in [0.15, 0.2) is 279 Å². The molecule has 2 nitrogen and oxygen atoms in total. The van der Waals surface area contributed by atoms with Crippen LogP contribution in [0.3, 0.4) is 0 Å². The summed E-state index contributed by atoms with van der Waals surface area (Å²) in [5, 5.41) is 0. The van der Waals surface area contributed by atoms with Crippen LogP contribution in [0.4, 0.5) is 0 Å². The summed E-state index contributed by atoms with van der Waals surface area (Å²) in [6, 6.07) is 106. The molecular formula is C103H90N2. The molecule has 512 valence electrons. The molecule has 5 aliphatic rings. The van der Waals surface area contributed by atoms with Gasteiger partial charge >= 0.3 is 0 Å². The summed E-state index contributed by atoms with van der Waals surface area (Å²) in [5.41, 5.74) is 44.0. The molecule has 3 unspecified atom stereocenters. The number of aromatic nitrogens is 2. The number of allylic oxidation sites excluding steroid dienone is 1. The molecule has 0 radical (unpaired) electrons. The van der Waals surface area contributed by atoms with Crippen molar-refractivity contribution in [3.05, 3.63) is 385 Å². The van der Waals surface area contributed by atoms with Crippen molar-refractivity contribution in [1.82, 2.24) is 9.55 Å². The smallest absolute Gasteiger partial charge is 0.126 e. The van der Waals surface area contributed by atoms with E-state index < -0.39 is 0 Å². The number of benzene rings is 13. The molecule has 0 fully saturated rings. The molecule has 13 aromatic carbocycles. The molecule has 0 saturated carbocycles. The van der Waals surface area contributed by atoms with Crippen LogP contribution in [0.2, 0.25) is 0 Å². The molecule has 3 atom stereocenters. The molecule has 0 saturated heterocycles. The van der Waals surface area contributed by atoms with Gasteiger partial charge in [-0.15, -0.1) is 0 Å². The molecule has 19 rings (SSSR count). The van der Waals surface area contributed by atoms with Gasteiger partial charge < -0.3 is 0 Å². The standard InChI is InChI=1S/C103H90N2/c1-60-92(69-37-44-79-90(54-69)105-91-53-66(62-28-20-15-21-29-62)38-49-89(91)104-99(105)95(79)64-32-24-17-25-33-64)88(96-74-45-39-70(100(2,3)4)55-82(74)83-56-71(101(5,6)7)40-46-75(83)96)59-81(93(60)98-76-47-41-72(102(8,9)10)57-84(76)85-58-73(103(11,12)13)42-48-77(85)98)68-36-43-78-86(51-68)97-80-50-65(61-26-18-14-19-27-61)34-35-67(80)52-87(97)94(78)63-30-22-16-23-31-63/h14-59,94-98H,1-13H3. The lowest BCUT2D eigenvalue weighted by Crippen LogP contribution is -2.13. The lowest BCUT2D eigenvalue weighted by Gasteiger charge is -2.30. The fourth-order valence-corrected chi connectivity index (χ4v) is 19.0. The van der Waals surface area contributed by atoms with E-state index in [0.717, 1.165) is 16.9 Å². The molecule has 4 aliphatic carbocycles. The van der Waals surface area contributed by atoms with Gasteiger partial charge in [0.15, 0.2) is 0 Å². The highest BCUT2D eigenvalue weighted by molar-refractivity contribution is 5.94. The Morgan fingerprint density at radius 2 is 0.733 bits per heavy atom. The van der Waals surface area contributed by atoms with Crippen molar-refractivity contribution in [3.8, 4) is 72.4 Å². The van der Waals surface area contributed by atoms with E-state index in [2.05, 4.69) is 374 Å². The minimum atomic E-state index is -0.112. The zero-order valence-electron chi connectivity index (χ0n) is 62.8. The molecular weight excluding hydrogens is 1270 g/mol. The molecule has 14 aromatic rings. The van der Waals surface area contributed by atoms with E-state index in [9.17, 15) is 0 Å². The Hall–Kier alpha value is -10.9. The Balaban J connectivity index is 0.935. The molecule has 2 heteroatoms. The molecule has 2 heterocycles. The predicted molar refractivity (Wildman–Crippen MR) is 440 cm³/mol. The lowest BCUT2D eigenvalue weighted by molar-refractivity contribution is 0.589. The Kier molecular flexibility index (Phi) is 14.5. The maximum absolute atomic E-state index is 5.65. The second-order valence-electron chi connectivity index (χ2n) is 35.0. The third-order valence-electron chi connectivity index (χ3n) is 24.5. The summed E-state index contributed by atoms with van der Waals surface area (Å²) in [7, 11) is 0. The maximum Gasteiger partial charge on any atom is 0.126 e. The van der Waals surface area contributed by atoms with Crippen LogP contribution < -0.4 is 0 Å². The first-order chi connectivity index (χ1) is 50.5. The van der Waals surface area contributed by atoms with Gasteiger partial charge in [-0.05, 0) is 237 Å². The van der Waals surface area contributed by atoms with Crippen molar-refractivity contribution < 1.29 is 0 Å². The van der Waals surface area contributed by atoms with Crippen molar-refractivity contribution in [2.45, 2.75) is 141 Å². The quantitative estimate of drug-likeness (QED) is 0.148. The van der Waals surface area contributed by atoms with Crippen LogP contribution in [0.25, 0.3) is 89.6 Å². The Morgan fingerprint density at radius 3 is 1.26 bits per heavy atom. The van der Waals surface area contributed by atoms with Gasteiger partial charge in [-0.3, -0.25) is 4.57 Å². The zero-order valence-corrected chi connectivity index (χ0v) is 62.8. The highest BCUT2D eigenvalue weighted by Crippen LogP contribution is 2.62. The molecule has 105 heavy (non-hydrogen) atoms. The fourth-order valence-electron chi connectivity index (χ4n) is 19.0. The Morgan fingerprint density at radius 1 is 0.295 bits per heavy atom. The van der Waals surface area contributed by atoms with Crippen molar-refractivity contribution >= 4 is 17.1 Å². The van der Waals surface area contributed by atoms with Crippen molar-refractivity contribution in [2.75, 3.05) is 0 Å². The van der Waals surface area contributed by atoms with E-state index >= 15 is 0 Å². The summed E-state index contributed by atoms with van der Waals surface area (Å²) in [4.78, 5) is 5.65. The molecule has 1 aliphatic heterocycles. The number of hydrogen-bond donors (Lipinski definition) is 0. The van der Waals surface area contributed by atoms with Crippen molar-refractivity contribution in [1.29, 1.82) is 0 Å². The second-order valence-corrected chi connectivity index (χ2v) is 35.0. The van der Waals surface area contributed by atoms with Crippen LogP contribution in [0.1, 0.15) is 219 Å². The minimum Gasteiger partial charge on any atom is -0.295 e. The summed E-state index contributed by atoms with van der Waals surface area (Å²) < 4.78 is 2.52. The van der Waals surface area contributed by atoms with Crippen LogP contribution in [-0.4, -0.2) is 9.55 Å². The van der Waals surface area contributed by atoms with Gasteiger partial charge in [-0.25, -0.2) is 4.98 Å². The second kappa shape index (κ2) is 23.5. The number of fused-ring (bicyclic) bond motifs is 16. The van der Waals surface area contributed by atoms with E-state index in [1.807, 2.05) is 0 Å². The van der Waals surface area contributed by atoms with Crippen LogP contribution in [-0.2, 0) is 21.7 Å². The Labute approximate surface area is 620 Å². The van der Waals surface area contributed by atoms with Gasteiger partial charge in [0.05, 0.1) is 22.6 Å². The molecule has 0 spiro atoms. The largest absolute Gasteiger partial charge is 0.295 e. The average Bonchev–Trinajstić information content (AvgIpc) is 1.59. The van der Waals surface area contributed by atoms with Gasteiger partial charge in [0.25, 0.3) is 0 Å². The minimum absolute atomic E-state index is 0.0629.